The maximum Gasteiger partial charge on any atom is 0.270 e. The van der Waals surface area contributed by atoms with Gasteiger partial charge in [-0.05, 0) is 79.7 Å². The van der Waals surface area contributed by atoms with Crippen molar-refractivity contribution < 1.29 is 9.53 Å². The third kappa shape index (κ3) is 5.12. The van der Waals surface area contributed by atoms with Crippen molar-refractivity contribution in [2.24, 2.45) is 0 Å². The van der Waals surface area contributed by atoms with Gasteiger partial charge >= 0.3 is 0 Å². The summed E-state index contributed by atoms with van der Waals surface area (Å²) in [5, 5.41) is 4.17. The van der Waals surface area contributed by atoms with Crippen LogP contribution >= 0.6 is 23.4 Å². The van der Waals surface area contributed by atoms with Crippen LogP contribution in [0.2, 0.25) is 5.02 Å². The predicted octanol–water partition coefficient (Wildman–Crippen LogP) is 5.37. The first kappa shape index (κ1) is 22.7. The van der Waals surface area contributed by atoms with Crippen molar-refractivity contribution in [1.82, 2.24) is 5.32 Å². The zero-order chi connectivity index (χ0) is 22.5. The summed E-state index contributed by atoms with van der Waals surface area (Å²) in [6.45, 7) is 3.51. The number of para-hydroxylation sites is 1. The van der Waals surface area contributed by atoms with Crippen LogP contribution in [0.1, 0.15) is 11.1 Å². The molecule has 0 spiro atoms. The molecule has 0 aliphatic carbocycles. The van der Waals surface area contributed by atoms with Gasteiger partial charge in [-0.1, -0.05) is 41.9 Å². The third-order valence-electron chi connectivity index (χ3n) is 5.72. The molecule has 4 rings (SSSR count). The van der Waals surface area contributed by atoms with Crippen molar-refractivity contribution in [1.29, 1.82) is 0 Å². The summed E-state index contributed by atoms with van der Waals surface area (Å²) >= 11 is 7.73. The lowest BCUT2D eigenvalue weighted by atomic mass is 9.95. The fraction of sp³-hybridized carbons (Fsp3) is 0.269. The van der Waals surface area contributed by atoms with Crippen LogP contribution < -0.4 is 15.0 Å². The van der Waals surface area contributed by atoms with Crippen molar-refractivity contribution in [3.8, 4) is 5.75 Å². The van der Waals surface area contributed by atoms with Crippen molar-refractivity contribution in [3.63, 3.8) is 0 Å². The molecule has 3 aromatic rings. The molecule has 1 fully saturated rings. The molecule has 0 radical (unpaired) electrons. The van der Waals surface area contributed by atoms with E-state index in [1.165, 1.54) is 10.5 Å². The summed E-state index contributed by atoms with van der Waals surface area (Å²) in [4.78, 5) is 16.2. The first-order valence-corrected chi connectivity index (χ1v) is 12.3. The molecule has 0 saturated carbocycles. The Morgan fingerprint density at radius 2 is 1.75 bits per heavy atom. The molecule has 1 heterocycles. The highest BCUT2D eigenvalue weighted by atomic mass is 35.5. The van der Waals surface area contributed by atoms with E-state index in [4.69, 9.17) is 16.3 Å². The molecule has 4 nitrogen and oxygen atoms in total. The van der Waals surface area contributed by atoms with Crippen molar-refractivity contribution in [2.45, 2.75) is 30.4 Å². The largest absolute Gasteiger partial charge is 0.478 e. The molecule has 0 bridgehead atoms. The van der Waals surface area contributed by atoms with Gasteiger partial charge in [0.05, 0.1) is 6.04 Å². The van der Waals surface area contributed by atoms with Crippen LogP contribution in [0.5, 0.6) is 5.75 Å². The highest BCUT2D eigenvalue weighted by Crippen LogP contribution is 2.33. The van der Waals surface area contributed by atoms with Crippen LogP contribution in [-0.2, 0) is 11.2 Å². The minimum Gasteiger partial charge on any atom is -0.478 e. The SMILES string of the molecule is CSc1ccc(CCNC[C@@H]2[C@@H](Oc3ccc(Cl)cc3)C(=O)N2c2ccccc2C)cc1. The summed E-state index contributed by atoms with van der Waals surface area (Å²) < 4.78 is 6.07. The van der Waals surface area contributed by atoms with E-state index in [1.54, 1.807) is 36.0 Å². The molecule has 1 aliphatic heterocycles. The minimum atomic E-state index is -0.524. The average molecular weight is 467 g/mol. The Morgan fingerprint density at radius 3 is 2.44 bits per heavy atom. The molecule has 0 aromatic heterocycles. The number of hydrogen-bond donors (Lipinski definition) is 1. The van der Waals surface area contributed by atoms with Gasteiger partial charge in [0, 0.05) is 22.2 Å². The quantitative estimate of drug-likeness (QED) is 0.261. The van der Waals surface area contributed by atoms with Gasteiger partial charge in [0.25, 0.3) is 5.91 Å². The van der Waals surface area contributed by atoms with Crippen LogP contribution in [-0.4, -0.2) is 37.4 Å². The number of hydrogen-bond acceptors (Lipinski definition) is 4. The van der Waals surface area contributed by atoms with E-state index in [0.717, 1.165) is 24.2 Å². The first-order chi connectivity index (χ1) is 15.6. The number of thioether (sulfide) groups is 1. The fourth-order valence-corrected chi connectivity index (χ4v) is 4.45. The Labute approximate surface area is 198 Å². The molecule has 166 valence electrons. The Morgan fingerprint density at radius 1 is 1.03 bits per heavy atom. The van der Waals surface area contributed by atoms with Crippen LogP contribution in [0.15, 0.2) is 77.7 Å². The monoisotopic (exact) mass is 466 g/mol. The van der Waals surface area contributed by atoms with Gasteiger partial charge in [0.2, 0.25) is 0 Å². The van der Waals surface area contributed by atoms with E-state index >= 15 is 0 Å². The normalized spacial score (nSPS) is 17.8. The van der Waals surface area contributed by atoms with E-state index in [-0.39, 0.29) is 11.9 Å². The molecule has 1 aliphatic rings. The first-order valence-electron chi connectivity index (χ1n) is 10.7. The van der Waals surface area contributed by atoms with Crippen molar-refractivity contribution in [3.05, 3.63) is 88.9 Å². The third-order valence-corrected chi connectivity index (χ3v) is 6.71. The van der Waals surface area contributed by atoms with Crippen LogP contribution in [0.3, 0.4) is 0 Å². The summed E-state index contributed by atoms with van der Waals surface area (Å²) in [7, 11) is 0. The molecule has 1 saturated heterocycles. The molecule has 1 amide bonds. The number of benzene rings is 3. The van der Waals surface area contributed by atoms with Crippen LogP contribution in [0.25, 0.3) is 0 Å². The fourth-order valence-electron chi connectivity index (χ4n) is 3.91. The van der Waals surface area contributed by atoms with E-state index in [9.17, 15) is 4.79 Å². The number of carbonyl (C=O) groups excluding carboxylic acids is 1. The minimum absolute atomic E-state index is 0.0197. The van der Waals surface area contributed by atoms with Gasteiger partial charge in [-0.15, -0.1) is 11.8 Å². The molecule has 32 heavy (non-hydrogen) atoms. The summed E-state index contributed by atoms with van der Waals surface area (Å²) in [5.41, 5.74) is 3.31. The Bertz CT molecular complexity index is 1060. The Balaban J connectivity index is 1.42. The second kappa shape index (κ2) is 10.4. The van der Waals surface area contributed by atoms with Gasteiger partial charge in [0.15, 0.2) is 6.10 Å². The van der Waals surface area contributed by atoms with Gasteiger partial charge < -0.3 is 15.0 Å². The molecule has 3 aromatic carbocycles. The number of β-lactam (4-membered cyclic amide) rings is 1. The molecular weight excluding hydrogens is 440 g/mol. The number of aryl methyl sites for hydroxylation is 1. The summed E-state index contributed by atoms with van der Waals surface area (Å²) in [5.74, 6) is 0.629. The van der Waals surface area contributed by atoms with E-state index in [2.05, 4.69) is 35.8 Å². The highest BCUT2D eigenvalue weighted by Gasteiger charge is 2.50. The number of rotatable bonds is 9. The maximum atomic E-state index is 13.1. The van der Waals surface area contributed by atoms with Crippen LogP contribution in [0.4, 0.5) is 5.69 Å². The van der Waals surface area contributed by atoms with Gasteiger partial charge in [-0.2, -0.15) is 0 Å². The molecule has 1 N–H and O–H groups in total. The number of amides is 1. The molecular formula is C26H27ClN2O2S. The van der Waals surface area contributed by atoms with Crippen LogP contribution in [0, 0.1) is 6.92 Å². The number of nitrogens with one attached hydrogen (secondary N) is 1. The molecule has 2 atom stereocenters. The number of carbonyl (C=O) groups is 1. The van der Waals surface area contributed by atoms with Crippen molar-refractivity contribution in [2.75, 3.05) is 24.2 Å². The Kier molecular flexibility index (Phi) is 7.40. The number of halogens is 1. The second-order valence-electron chi connectivity index (χ2n) is 7.86. The summed E-state index contributed by atoms with van der Waals surface area (Å²) in [6.07, 6.45) is 2.49. The Hall–Kier alpha value is -2.47. The zero-order valence-electron chi connectivity index (χ0n) is 18.3. The zero-order valence-corrected chi connectivity index (χ0v) is 19.8. The average Bonchev–Trinajstić information content (AvgIpc) is 2.82. The van der Waals surface area contributed by atoms with E-state index in [1.807, 2.05) is 36.1 Å². The van der Waals surface area contributed by atoms with Gasteiger partial charge in [-0.3, -0.25) is 4.79 Å². The smallest absolute Gasteiger partial charge is 0.270 e. The number of anilines is 1. The molecule has 0 unspecified atom stereocenters. The van der Waals surface area contributed by atoms with E-state index in [0.29, 0.717) is 17.3 Å². The number of ether oxygens (including phenoxy) is 1. The second-order valence-corrected chi connectivity index (χ2v) is 9.17. The summed E-state index contributed by atoms with van der Waals surface area (Å²) in [6, 6.07) is 23.7. The topological polar surface area (TPSA) is 41.6 Å². The van der Waals surface area contributed by atoms with E-state index < -0.39 is 6.10 Å². The lowest BCUT2D eigenvalue weighted by Crippen LogP contribution is -2.70. The number of nitrogens with zero attached hydrogens (tertiary/aromatic N) is 1. The predicted molar refractivity (Wildman–Crippen MR) is 133 cm³/mol. The van der Waals surface area contributed by atoms with Gasteiger partial charge in [0.1, 0.15) is 5.75 Å². The lowest BCUT2D eigenvalue weighted by Gasteiger charge is -2.47. The lowest BCUT2D eigenvalue weighted by molar-refractivity contribution is -0.134. The standard InChI is InChI=1S/C26H27ClN2O2S/c1-18-5-3-4-6-23(18)29-24(17-28-16-15-19-7-13-22(32-2)14-8-19)25(26(29)30)31-21-11-9-20(27)10-12-21/h3-14,24-25,28H,15-17H2,1-2H3/t24-,25-/m1/s1. The maximum absolute atomic E-state index is 13.1. The van der Waals surface area contributed by atoms with Gasteiger partial charge in [-0.25, -0.2) is 0 Å². The highest BCUT2D eigenvalue weighted by molar-refractivity contribution is 7.98. The molecule has 6 heteroatoms. The van der Waals surface area contributed by atoms with Crippen molar-refractivity contribution >= 4 is 35.0 Å².